The number of nitrogens with one attached hydrogen (secondary N) is 1. The Labute approximate surface area is 98.6 Å². The van der Waals surface area contributed by atoms with Gasteiger partial charge in [0.1, 0.15) is 6.23 Å². The van der Waals surface area contributed by atoms with E-state index in [2.05, 4.69) is 12.2 Å². The van der Waals surface area contributed by atoms with Gasteiger partial charge in [-0.25, -0.2) is 0 Å². The van der Waals surface area contributed by atoms with Crippen molar-refractivity contribution in [1.29, 1.82) is 0 Å². The monoisotopic (exact) mass is 230 g/mol. The fourth-order valence-corrected chi connectivity index (χ4v) is 2.32. The topological polar surface area (TPSA) is 55.7 Å². The lowest BCUT2D eigenvalue weighted by atomic mass is 10.1. The number of rotatable bonds is 7. The van der Waals surface area contributed by atoms with E-state index >= 15 is 0 Å². The quantitative estimate of drug-likeness (QED) is 0.559. The lowest BCUT2D eigenvalue weighted by Gasteiger charge is -2.30. The Balaban J connectivity index is 2.33. The van der Waals surface area contributed by atoms with Crippen molar-refractivity contribution in [3.63, 3.8) is 0 Å². The second-order valence-electron chi connectivity index (χ2n) is 4.74. The number of likely N-dealkylation sites (N-methyl/N-ethyl adjacent to an activating group) is 1. The Hall–Kier alpha value is -0.160. The Kier molecular flexibility index (Phi) is 6.28. The van der Waals surface area contributed by atoms with E-state index in [1.54, 1.807) is 0 Å². The molecule has 1 aliphatic heterocycles. The van der Waals surface area contributed by atoms with Crippen molar-refractivity contribution in [2.45, 2.75) is 57.4 Å². The highest BCUT2D eigenvalue weighted by Crippen LogP contribution is 2.16. The minimum atomic E-state index is -0.459. The van der Waals surface area contributed by atoms with Crippen LogP contribution in [0.1, 0.15) is 39.0 Å². The smallest absolute Gasteiger partial charge is 0.122 e. The van der Waals surface area contributed by atoms with Gasteiger partial charge in [-0.15, -0.1) is 0 Å². The zero-order valence-corrected chi connectivity index (χ0v) is 10.5. The largest absolute Gasteiger partial charge is 0.392 e. The molecule has 1 rings (SSSR count). The van der Waals surface area contributed by atoms with Crippen molar-refractivity contribution in [3.05, 3.63) is 0 Å². The summed E-state index contributed by atoms with van der Waals surface area (Å²) in [5.74, 6) is 0. The third kappa shape index (κ3) is 4.01. The first-order chi connectivity index (χ1) is 7.69. The SMILES string of the molecule is CCCCCC(NC)C(O)N1CCC(O)C1. The lowest BCUT2D eigenvalue weighted by Crippen LogP contribution is -2.48. The maximum absolute atomic E-state index is 10.2. The molecule has 0 bridgehead atoms. The number of hydrogen-bond donors (Lipinski definition) is 3. The summed E-state index contributed by atoms with van der Waals surface area (Å²) in [6.45, 7) is 3.59. The average molecular weight is 230 g/mol. The van der Waals surface area contributed by atoms with Crippen LogP contribution in [0.4, 0.5) is 0 Å². The molecular weight excluding hydrogens is 204 g/mol. The molecule has 1 fully saturated rings. The molecule has 3 unspecified atom stereocenters. The number of aliphatic hydroxyl groups excluding tert-OH is 2. The van der Waals surface area contributed by atoms with E-state index in [9.17, 15) is 10.2 Å². The van der Waals surface area contributed by atoms with E-state index in [1.165, 1.54) is 12.8 Å². The number of β-amino-alcohol motifs (C(OH)–C–C–N with tert-alkyl or cyclic N) is 1. The summed E-state index contributed by atoms with van der Waals surface area (Å²) >= 11 is 0. The van der Waals surface area contributed by atoms with Crippen molar-refractivity contribution in [2.75, 3.05) is 20.1 Å². The van der Waals surface area contributed by atoms with Crippen molar-refractivity contribution in [3.8, 4) is 0 Å². The summed E-state index contributed by atoms with van der Waals surface area (Å²) in [7, 11) is 1.90. The third-order valence-electron chi connectivity index (χ3n) is 3.42. The molecule has 0 saturated carbocycles. The second kappa shape index (κ2) is 7.22. The number of unbranched alkanes of at least 4 members (excludes halogenated alkanes) is 2. The van der Waals surface area contributed by atoms with Crippen LogP contribution in [-0.4, -0.2) is 53.6 Å². The van der Waals surface area contributed by atoms with Gasteiger partial charge in [-0.1, -0.05) is 26.2 Å². The first kappa shape index (κ1) is 13.9. The minimum Gasteiger partial charge on any atom is -0.392 e. The van der Waals surface area contributed by atoms with Crippen LogP contribution in [0.3, 0.4) is 0 Å². The molecule has 0 aromatic carbocycles. The van der Waals surface area contributed by atoms with Crippen LogP contribution in [0.25, 0.3) is 0 Å². The predicted molar refractivity (Wildman–Crippen MR) is 65.2 cm³/mol. The highest BCUT2D eigenvalue weighted by Gasteiger charge is 2.29. The molecule has 4 nitrogen and oxygen atoms in total. The van der Waals surface area contributed by atoms with Crippen molar-refractivity contribution >= 4 is 0 Å². The summed E-state index contributed by atoms with van der Waals surface area (Å²) in [5.41, 5.74) is 0. The molecule has 0 radical (unpaired) electrons. The van der Waals surface area contributed by atoms with Gasteiger partial charge in [-0.2, -0.15) is 0 Å². The Morgan fingerprint density at radius 2 is 2.19 bits per heavy atom. The van der Waals surface area contributed by atoms with Gasteiger partial charge < -0.3 is 15.5 Å². The van der Waals surface area contributed by atoms with Crippen LogP contribution in [0.2, 0.25) is 0 Å². The first-order valence-electron chi connectivity index (χ1n) is 6.46. The van der Waals surface area contributed by atoms with Gasteiger partial charge in [0.05, 0.1) is 6.10 Å². The summed E-state index contributed by atoms with van der Waals surface area (Å²) in [6, 6.07) is 0.122. The van der Waals surface area contributed by atoms with Gasteiger partial charge in [-0.3, -0.25) is 4.90 Å². The molecule has 96 valence electrons. The summed E-state index contributed by atoms with van der Waals surface area (Å²) in [4.78, 5) is 1.97. The van der Waals surface area contributed by atoms with E-state index < -0.39 is 6.23 Å². The molecular formula is C12H26N2O2. The molecule has 1 saturated heterocycles. The van der Waals surface area contributed by atoms with Gasteiger partial charge in [0.25, 0.3) is 0 Å². The molecule has 0 aromatic rings. The lowest BCUT2D eigenvalue weighted by molar-refractivity contribution is -0.0171. The van der Waals surface area contributed by atoms with E-state index in [4.69, 9.17) is 0 Å². The predicted octanol–water partition coefficient (Wildman–Crippen LogP) is 0.540. The second-order valence-corrected chi connectivity index (χ2v) is 4.74. The molecule has 0 spiro atoms. The third-order valence-corrected chi connectivity index (χ3v) is 3.42. The molecule has 3 N–H and O–H groups in total. The summed E-state index contributed by atoms with van der Waals surface area (Å²) < 4.78 is 0. The van der Waals surface area contributed by atoms with E-state index in [-0.39, 0.29) is 12.1 Å². The van der Waals surface area contributed by atoms with Gasteiger partial charge in [0.2, 0.25) is 0 Å². The molecule has 3 atom stereocenters. The zero-order chi connectivity index (χ0) is 12.0. The van der Waals surface area contributed by atoms with Crippen LogP contribution in [0.5, 0.6) is 0 Å². The highest BCUT2D eigenvalue weighted by atomic mass is 16.3. The average Bonchev–Trinajstić information content (AvgIpc) is 2.70. The normalized spacial score (nSPS) is 25.9. The van der Waals surface area contributed by atoms with Crippen LogP contribution >= 0.6 is 0 Å². The van der Waals surface area contributed by atoms with Gasteiger partial charge in [0, 0.05) is 19.1 Å². The molecule has 1 heterocycles. The van der Waals surface area contributed by atoms with Crippen LogP contribution in [-0.2, 0) is 0 Å². The van der Waals surface area contributed by atoms with Crippen molar-refractivity contribution in [2.24, 2.45) is 0 Å². The maximum atomic E-state index is 10.2. The van der Waals surface area contributed by atoms with Gasteiger partial charge >= 0.3 is 0 Å². The molecule has 0 aliphatic carbocycles. The molecule has 0 aromatic heterocycles. The maximum Gasteiger partial charge on any atom is 0.122 e. The standard InChI is InChI=1S/C12H26N2O2/c1-3-4-5-6-11(13-2)12(16)14-8-7-10(15)9-14/h10-13,15-16H,3-9H2,1-2H3. The highest BCUT2D eigenvalue weighted by molar-refractivity contribution is 4.82. The van der Waals surface area contributed by atoms with Gasteiger partial charge in [-0.05, 0) is 19.9 Å². The number of likely N-dealkylation sites (tertiary alicyclic amines) is 1. The fourth-order valence-electron chi connectivity index (χ4n) is 2.32. The Morgan fingerprint density at radius 1 is 1.44 bits per heavy atom. The van der Waals surface area contributed by atoms with Crippen LogP contribution < -0.4 is 5.32 Å². The minimum absolute atomic E-state index is 0.122. The molecule has 0 amide bonds. The van der Waals surface area contributed by atoms with E-state index in [0.717, 1.165) is 25.8 Å². The molecule has 4 heteroatoms. The first-order valence-corrected chi connectivity index (χ1v) is 6.46. The summed E-state index contributed by atoms with van der Waals surface area (Å²) in [5, 5.41) is 22.8. The number of hydrogen-bond acceptors (Lipinski definition) is 4. The molecule has 16 heavy (non-hydrogen) atoms. The Morgan fingerprint density at radius 3 is 2.69 bits per heavy atom. The number of nitrogens with zero attached hydrogens (tertiary/aromatic N) is 1. The van der Waals surface area contributed by atoms with Crippen LogP contribution in [0.15, 0.2) is 0 Å². The van der Waals surface area contributed by atoms with E-state index in [1.807, 2.05) is 11.9 Å². The Bertz CT molecular complexity index is 190. The number of aliphatic hydroxyl groups is 2. The van der Waals surface area contributed by atoms with Crippen LogP contribution in [0, 0.1) is 0 Å². The van der Waals surface area contributed by atoms with Crippen molar-refractivity contribution < 1.29 is 10.2 Å². The van der Waals surface area contributed by atoms with Crippen molar-refractivity contribution in [1.82, 2.24) is 10.2 Å². The molecule has 1 aliphatic rings. The van der Waals surface area contributed by atoms with E-state index in [0.29, 0.717) is 6.54 Å². The fraction of sp³-hybridized carbons (Fsp3) is 1.00. The van der Waals surface area contributed by atoms with Gasteiger partial charge in [0.15, 0.2) is 0 Å². The summed E-state index contributed by atoms with van der Waals surface area (Å²) in [6.07, 6.45) is 4.63. The zero-order valence-electron chi connectivity index (χ0n) is 10.5.